The average molecular weight is 600 g/mol. The van der Waals surface area contributed by atoms with E-state index in [1.54, 1.807) is 26.0 Å². The minimum Gasteiger partial charge on any atom is -0.379 e. The van der Waals surface area contributed by atoms with Crippen LogP contribution in [0.2, 0.25) is 0 Å². The molecule has 0 saturated carbocycles. The monoisotopic (exact) mass is 599 g/mol. The highest BCUT2D eigenvalue weighted by atomic mass is 16.6. The van der Waals surface area contributed by atoms with Crippen LogP contribution in [0.4, 0.5) is 0 Å². The molecule has 12 heteroatoms. The summed E-state index contributed by atoms with van der Waals surface area (Å²) >= 11 is 0. The van der Waals surface area contributed by atoms with E-state index in [0.29, 0.717) is 13.2 Å². The first kappa shape index (κ1) is 37.9. The summed E-state index contributed by atoms with van der Waals surface area (Å²) in [5.74, 6) is 4.30. The van der Waals surface area contributed by atoms with Crippen LogP contribution < -0.4 is 11.2 Å². The van der Waals surface area contributed by atoms with Crippen LogP contribution in [0.25, 0.3) is 0 Å². The van der Waals surface area contributed by atoms with Crippen molar-refractivity contribution in [3.8, 4) is 0 Å². The van der Waals surface area contributed by atoms with Gasteiger partial charge in [-0.05, 0) is 52.1 Å². The Morgan fingerprint density at radius 2 is 1.69 bits per heavy atom. The maximum atomic E-state index is 13.3. The van der Waals surface area contributed by atoms with Crippen molar-refractivity contribution in [2.75, 3.05) is 61.1 Å². The lowest BCUT2D eigenvalue weighted by Crippen LogP contribution is -2.51. The van der Waals surface area contributed by atoms with Crippen molar-refractivity contribution in [3.05, 3.63) is 0 Å². The van der Waals surface area contributed by atoms with Crippen LogP contribution in [0.1, 0.15) is 72.6 Å². The first-order chi connectivity index (χ1) is 19.9. The van der Waals surface area contributed by atoms with Crippen LogP contribution in [-0.2, 0) is 33.5 Å². The Labute approximate surface area is 252 Å². The number of hydrogen-bond donors (Lipinski definition) is 2. The summed E-state index contributed by atoms with van der Waals surface area (Å²) in [6.45, 7) is 9.34. The molecule has 0 bridgehead atoms. The number of amides is 3. The number of likely N-dealkylation sites (tertiary alicyclic amines) is 1. The molecule has 1 rings (SSSR count). The molecule has 3 amide bonds. The molecule has 42 heavy (non-hydrogen) atoms. The summed E-state index contributed by atoms with van der Waals surface area (Å²) in [7, 11) is 6.67. The second-order valence-electron chi connectivity index (χ2n) is 11.9. The highest BCUT2D eigenvalue weighted by molar-refractivity contribution is 5.87. The van der Waals surface area contributed by atoms with Gasteiger partial charge < -0.3 is 29.4 Å². The van der Waals surface area contributed by atoms with Gasteiger partial charge in [-0.25, -0.2) is 5.90 Å². The van der Waals surface area contributed by atoms with Gasteiger partial charge in [0.15, 0.2) is 0 Å². The predicted octanol–water partition coefficient (Wildman–Crippen LogP) is 1.60. The van der Waals surface area contributed by atoms with Crippen molar-refractivity contribution in [2.45, 2.75) is 96.9 Å². The lowest BCUT2D eigenvalue weighted by Gasteiger charge is -2.34. The van der Waals surface area contributed by atoms with Crippen LogP contribution in [0.3, 0.4) is 0 Å². The number of nitrogens with zero attached hydrogens (tertiary/aromatic N) is 3. The Morgan fingerprint density at radius 3 is 2.26 bits per heavy atom. The molecule has 0 aromatic rings. The third kappa shape index (κ3) is 12.2. The Bertz CT molecular complexity index is 843. The van der Waals surface area contributed by atoms with E-state index in [9.17, 15) is 19.2 Å². The predicted molar refractivity (Wildman–Crippen MR) is 161 cm³/mol. The summed E-state index contributed by atoms with van der Waals surface area (Å²) in [4.78, 5) is 61.1. The number of ketones is 1. The zero-order chi connectivity index (χ0) is 31.8. The van der Waals surface area contributed by atoms with Crippen LogP contribution >= 0.6 is 0 Å². The molecule has 12 nitrogen and oxygen atoms in total. The zero-order valence-electron chi connectivity index (χ0n) is 27.2. The SMILES string of the molecule is COC(CC(=O)N1CCCC1C(OC)C(C)C(C)=O)CN(C)C(=O)CNC(=O)C(C(C)C)N(C)CCCCCCON. The van der Waals surface area contributed by atoms with Gasteiger partial charge in [0, 0.05) is 40.3 Å². The fourth-order valence-corrected chi connectivity index (χ4v) is 5.76. The molecule has 3 N–H and O–H groups in total. The number of carbonyl (C=O) groups is 4. The summed E-state index contributed by atoms with van der Waals surface area (Å²) in [5, 5.41) is 2.81. The van der Waals surface area contributed by atoms with Gasteiger partial charge in [0.25, 0.3) is 0 Å². The normalized spacial score (nSPS) is 18.2. The van der Waals surface area contributed by atoms with Gasteiger partial charge in [0.1, 0.15) is 5.78 Å². The van der Waals surface area contributed by atoms with Crippen molar-refractivity contribution in [3.63, 3.8) is 0 Å². The van der Waals surface area contributed by atoms with Crippen molar-refractivity contribution in [1.82, 2.24) is 20.0 Å². The lowest BCUT2D eigenvalue weighted by atomic mass is 9.92. The van der Waals surface area contributed by atoms with Crippen molar-refractivity contribution < 1.29 is 33.5 Å². The third-order valence-corrected chi connectivity index (χ3v) is 8.36. The Balaban J connectivity index is 2.63. The summed E-state index contributed by atoms with van der Waals surface area (Å²) in [6.07, 6.45) is 4.74. The molecule has 1 heterocycles. The van der Waals surface area contributed by atoms with Gasteiger partial charge in [-0.15, -0.1) is 0 Å². The number of rotatable bonds is 21. The summed E-state index contributed by atoms with van der Waals surface area (Å²) in [6, 6.07) is -0.527. The minimum absolute atomic E-state index is 0.0273. The molecule has 0 aromatic carbocycles. The number of ether oxygens (including phenoxy) is 2. The fraction of sp³-hybridized carbons (Fsp3) is 0.867. The number of methoxy groups -OCH3 is 2. The zero-order valence-corrected chi connectivity index (χ0v) is 27.2. The van der Waals surface area contributed by atoms with Crippen LogP contribution in [0, 0.1) is 11.8 Å². The molecule has 0 radical (unpaired) electrons. The van der Waals surface area contributed by atoms with Crippen LogP contribution in [0.5, 0.6) is 0 Å². The van der Waals surface area contributed by atoms with Crippen LogP contribution in [-0.4, -0.2) is 124 Å². The number of likely N-dealkylation sites (N-methyl/N-ethyl adjacent to an activating group) is 2. The molecule has 0 aromatic heterocycles. The maximum Gasteiger partial charge on any atom is 0.241 e. The first-order valence-corrected chi connectivity index (χ1v) is 15.3. The smallest absolute Gasteiger partial charge is 0.241 e. The number of unbranched alkanes of at least 4 members (excludes halogenated alkanes) is 3. The highest BCUT2D eigenvalue weighted by Gasteiger charge is 2.39. The molecule has 1 aliphatic heterocycles. The van der Waals surface area contributed by atoms with E-state index in [-0.39, 0.29) is 73.0 Å². The molecular formula is C30H57N5O7. The number of carbonyl (C=O) groups excluding carboxylic acids is 4. The topological polar surface area (TPSA) is 144 Å². The minimum atomic E-state index is -0.513. The van der Waals surface area contributed by atoms with Gasteiger partial charge in [-0.3, -0.25) is 24.1 Å². The molecule has 5 atom stereocenters. The van der Waals surface area contributed by atoms with Crippen molar-refractivity contribution >= 4 is 23.5 Å². The fourth-order valence-electron chi connectivity index (χ4n) is 5.76. The number of nitrogens with two attached hydrogens (primary N) is 1. The Morgan fingerprint density at radius 1 is 1.02 bits per heavy atom. The number of nitrogens with one attached hydrogen (secondary N) is 1. The van der Waals surface area contributed by atoms with E-state index in [1.807, 2.05) is 32.7 Å². The Kier molecular flexibility index (Phi) is 18.0. The van der Waals surface area contributed by atoms with E-state index in [4.69, 9.17) is 15.4 Å². The lowest BCUT2D eigenvalue weighted by molar-refractivity contribution is -0.142. The Hall–Kier alpha value is -2.12. The first-order valence-electron chi connectivity index (χ1n) is 15.3. The standard InChI is InChI=1S/C30H57N5O7/c1-21(2)28(33(5)15-11-9-10-12-17-42-31)30(39)32-19-27(38)34(6)20-24(40-7)18-26(37)35-16-13-14-25(35)29(41-8)22(3)23(4)36/h21-22,24-25,28-29H,9-20,31H2,1-8H3,(H,32,39). The van der Waals surface area contributed by atoms with Gasteiger partial charge in [-0.2, -0.15) is 0 Å². The summed E-state index contributed by atoms with van der Waals surface area (Å²) in [5.41, 5.74) is 0. The van der Waals surface area contributed by atoms with Gasteiger partial charge >= 0.3 is 0 Å². The van der Waals surface area contributed by atoms with E-state index in [0.717, 1.165) is 45.1 Å². The number of hydrogen-bond acceptors (Lipinski definition) is 9. The molecular weight excluding hydrogens is 542 g/mol. The average Bonchev–Trinajstić information content (AvgIpc) is 3.43. The van der Waals surface area contributed by atoms with Crippen molar-refractivity contribution in [2.24, 2.45) is 17.7 Å². The molecule has 1 saturated heterocycles. The van der Waals surface area contributed by atoms with E-state index < -0.39 is 6.10 Å². The molecule has 0 spiro atoms. The van der Waals surface area contributed by atoms with Crippen LogP contribution in [0.15, 0.2) is 0 Å². The molecule has 0 aliphatic carbocycles. The van der Waals surface area contributed by atoms with Gasteiger partial charge in [-0.1, -0.05) is 33.6 Å². The van der Waals surface area contributed by atoms with E-state index >= 15 is 0 Å². The third-order valence-electron chi connectivity index (χ3n) is 8.36. The molecule has 5 unspecified atom stereocenters. The highest BCUT2D eigenvalue weighted by Crippen LogP contribution is 2.27. The van der Waals surface area contributed by atoms with Gasteiger partial charge in [0.2, 0.25) is 17.7 Å². The largest absolute Gasteiger partial charge is 0.379 e. The quantitative estimate of drug-likeness (QED) is 0.149. The second kappa shape index (κ2) is 20.0. The molecule has 1 aliphatic rings. The van der Waals surface area contributed by atoms with E-state index in [1.165, 1.54) is 12.0 Å². The summed E-state index contributed by atoms with van der Waals surface area (Å²) < 4.78 is 11.2. The molecule has 244 valence electrons. The number of Topliss-reactive ketones (excluding diaryl/α,β-unsaturated/α-hetero) is 1. The van der Waals surface area contributed by atoms with Gasteiger partial charge in [0.05, 0.1) is 43.9 Å². The second-order valence-corrected chi connectivity index (χ2v) is 11.9. The van der Waals surface area contributed by atoms with E-state index in [2.05, 4.69) is 10.2 Å². The maximum absolute atomic E-state index is 13.3. The van der Waals surface area contributed by atoms with Crippen molar-refractivity contribution in [1.29, 1.82) is 0 Å². The molecule has 1 fully saturated rings.